The van der Waals surface area contributed by atoms with E-state index in [0.29, 0.717) is 33.6 Å². The molecule has 0 saturated carbocycles. The number of halogens is 3. The van der Waals surface area contributed by atoms with Crippen molar-refractivity contribution in [1.29, 1.82) is 0 Å². The molecule has 2 aromatic heterocycles. The molecule has 0 radical (unpaired) electrons. The normalized spacial score (nSPS) is 12.3. The topological polar surface area (TPSA) is 105 Å². The quantitative estimate of drug-likeness (QED) is 0.314. The summed E-state index contributed by atoms with van der Waals surface area (Å²) in [6.07, 6.45) is 0. The lowest BCUT2D eigenvalue weighted by Gasteiger charge is -2.07. The molecule has 0 fully saturated rings. The summed E-state index contributed by atoms with van der Waals surface area (Å²) in [6.45, 7) is 0.587. The Labute approximate surface area is 184 Å². The molecule has 0 aliphatic heterocycles. The molecule has 8 nitrogen and oxygen atoms in total. The summed E-state index contributed by atoms with van der Waals surface area (Å²) in [7, 11) is 0. The van der Waals surface area contributed by atoms with E-state index in [4.69, 9.17) is 10.4 Å². The number of ether oxygens (including phenoxy) is 1. The average Bonchev–Trinajstić information content (AvgIpc) is 3.38. The van der Waals surface area contributed by atoms with Gasteiger partial charge in [0.25, 0.3) is 0 Å². The SMILES string of the molecule is Cc1ccc(-c2noc(C(C)Sc3nnc(-c4ccc(OC(F)F)cc4)n3N)n2)cc1F. The van der Waals surface area contributed by atoms with Crippen LogP contribution < -0.4 is 10.6 Å². The van der Waals surface area contributed by atoms with Gasteiger partial charge in [0, 0.05) is 11.1 Å². The molecule has 166 valence electrons. The van der Waals surface area contributed by atoms with Gasteiger partial charge in [-0.2, -0.15) is 13.8 Å². The maximum Gasteiger partial charge on any atom is 0.387 e. The minimum atomic E-state index is -2.90. The van der Waals surface area contributed by atoms with Gasteiger partial charge in [-0.1, -0.05) is 29.1 Å². The highest BCUT2D eigenvalue weighted by Gasteiger charge is 2.21. The molecule has 12 heteroatoms. The monoisotopic (exact) mass is 462 g/mol. The molecule has 2 N–H and O–H groups in total. The molecule has 4 aromatic rings. The first-order chi connectivity index (χ1) is 15.3. The highest BCUT2D eigenvalue weighted by molar-refractivity contribution is 7.99. The van der Waals surface area contributed by atoms with Gasteiger partial charge in [0.05, 0.1) is 5.25 Å². The first-order valence-electron chi connectivity index (χ1n) is 9.34. The van der Waals surface area contributed by atoms with Gasteiger partial charge in [-0.25, -0.2) is 9.07 Å². The molecule has 2 heterocycles. The van der Waals surface area contributed by atoms with E-state index in [0.717, 1.165) is 0 Å². The van der Waals surface area contributed by atoms with Crippen molar-refractivity contribution in [2.45, 2.75) is 30.9 Å². The van der Waals surface area contributed by atoms with Gasteiger partial charge < -0.3 is 15.1 Å². The van der Waals surface area contributed by atoms with Gasteiger partial charge >= 0.3 is 6.61 Å². The molecule has 0 saturated heterocycles. The minimum Gasteiger partial charge on any atom is -0.435 e. The highest BCUT2D eigenvalue weighted by atomic mass is 32.2. The Hall–Kier alpha value is -3.54. The fourth-order valence-corrected chi connectivity index (χ4v) is 3.60. The van der Waals surface area contributed by atoms with E-state index in [9.17, 15) is 13.2 Å². The summed E-state index contributed by atoms with van der Waals surface area (Å²) < 4.78 is 49.3. The molecular formula is C20H17F3N6O2S. The third kappa shape index (κ3) is 4.54. The Balaban J connectivity index is 1.49. The molecule has 0 spiro atoms. The minimum absolute atomic E-state index is 0.0238. The van der Waals surface area contributed by atoms with Crippen molar-refractivity contribution in [3.63, 3.8) is 0 Å². The number of rotatable bonds is 7. The van der Waals surface area contributed by atoms with Crippen molar-refractivity contribution in [1.82, 2.24) is 25.0 Å². The van der Waals surface area contributed by atoms with Crippen molar-refractivity contribution in [3.8, 4) is 28.5 Å². The smallest absolute Gasteiger partial charge is 0.387 e. The summed E-state index contributed by atoms with van der Waals surface area (Å²) in [5.41, 5.74) is 1.60. The van der Waals surface area contributed by atoms with Crippen molar-refractivity contribution < 1.29 is 22.4 Å². The van der Waals surface area contributed by atoms with Crippen LogP contribution in [0.1, 0.15) is 23.6 Å². The van der Waals surface area contributed by atoms with Gasteiger partial charge in [-0.3, -0.25) is 0 Å². The zero-order chi connectivity index (χ0) is 22.8. The van der Waals surface area contributed by atoms with Gasteiger partial charge in [0.2, 0.25) is 16.9 Å². The number of hydrogen-bond acceptors (Lipinski definition) is 8. The van der Waals surface area contributed by atoms with Gasteiger partial charge in [0.15, 0.2) is 5.82 Å². The summed E-state index contributed by atoms with van der Waals surface area (Å²) >= 11 is 1.23. The van der Waals surface area contributed by atoms with Crippen LogP contribution in [0.25, 0.3) is 22.8 Å². The van der Waals surface area contributed by atoms with E-state index < -0.39 is 6.61 Å². The number of benzene rings is 2. The summed E-state index contributed by atoms with van der Waals surface area (Å²) in [5.74, 6) is 6.71. The number of aromatic nitrogens is 5. The lowest BCUT2D eigenvalue weighted by molar-refractivity contribution is -0.0498. The highest BCUT2D eigenvalue weighted by Crippen LogP contribution is 2.34. The molecule has 32 heavy (non-hydrogen) atoms. The lowest BCUT2D eigenvalue weighted by atomic mass is 10.1. The number of hydrogen-bond donors (Lipinski definition) is 1. The van der Waals surface area contributed by atoms with E-state index in [1.54, 1.807) is 31.2 Å². The molecule has 4 rings (SSSR count). The van der Waals surface area contributed by atoms with Crippen LogP contribution >= 0.6 is 11.8 Å². The second-order valence-electron chi connectivity index (χ2n) is 6.76. The average molecular weight is 462 g/mol. The Morgan fingerprint density at radius 1 is 1.09 bits per heavy atom. The van der Waals surface area contributed by atoms with Crippen LogP contribution in [0.5, 0.6) is 5.75 Å². The van der Waals surface area contributed by atoms with Crippen LogP contribution in [-0.4, -0.2) is 31.6 Å². The van der Waals surface area contributed by atoms with Crippen LogP contribution in [0.2, 0.25) is 0 Å². The van der Waals surface area contributed by atoms with Crippen LogP contribution in [0, 0.1) is 12.7 Å². The predicted octanol–water partition coefficient (Wildman–Crippen LogP) is 4.61. The fraction of sp³-hybridized carbons (Fsp3) is 0.200. The Morgan fingerprint density at radius 3 is 2.50 bits per heavy atom. The molecular weight excluding hydrogens is 445 g/mol. The van der Waals surface area contributed by atoms with Gasteiger partial charge in [-0.15, -0.1) is 10.2 Å². The number of nitrogens with two attached hydrogens (primary N) is 1. The first kappa shape index (κ1) is 21.7. The van der Waals surface area contributed by atoms with Crippen LogP contribution in [0.3, 0.4) is 0 Å². The third-order valence-corrected chi connectivity index (χ3v) is 5.55. The van der Waals surface area contributed by atoms with E-state index in [-0.39, 0.29) is 22.6 Å². The largest absolute Gasteiger partial charge is 0.435 e. The van der Waals surface area contributed by atoms with Crippen LogP contribution in [-0.2, 0) is 0 Å². The number of thioether (sulfide) groups is 1. The Kier molecular flexibility index (Phi) is 6.04. The number of nitrogens with zero attached hydrogens (tertiary/aromatic N) is 5. The van der Waals surface area contributed by atoms with E-state index in [2.05, 4.69) is 25.1 Å². The van der Waals surface area contributed by atoms with Gasteiger partial charge in [0.1, 0.15) is 11.6 Å². The molecule has 2 aromatic carbocycles. The molecule has 0 bridgehead atoms. The molecule has 1 atom stereocenters. The standard InChI is InChI=1S/C20H17F3N6O2S/c1-10-3-4-13(9-15(10)21)16-25-18(31-28-16)11(2)32-20-27-26-17(29(20)24)12-5-7-14(8-6-12)30-19(22)23/h3-9,11,19H,24H2,1-2H3. The van der Waals surface area contributed by atoms with E-state index >= 15 is 0 Å². The maximum atomic E-state index is 13.8. The van der Waals surface area contributed by atoms with Crippen molar-refractivity contribution in [2.24, 2.45) is 0 Å². The molecule has 0 amide bonds. The Bertz CT molecular complexity index is 1230. The first-order valence-corrected chi connectivity index (χ1v) is 10.2. The maximum absolute atomic E-state index is 13.8. The van der Waals surface area contributed by atoms with Crippen molar-refractivity contribution >= 4 is 11.8 Å². The zero-order valence-electron chi connectivity index (χ0n) is 16.9. The lowest BCUT2D eigenvalue weighted by Crippen LogP contribution is -2.12. The van der Waals surface area contributed by atoms with Crippen LogP contribution in [0.15, 0.2) is 52.1 Å². The number of nitrogen functional groups attached to an aromatic ring is 1. The Morgan fingerprint density at radius 2 is 1.81 bits per heavy atom. The third-order valence-electron chi connectivity index (χ3n) is 4.50. The second-order valence-corrected chi connectivity index (χ2v) is 8.07. The van der Waals surface area contributed by atoms with Crippen molar-refractivity contribution in [2.75, 3.05) is 5.84 Å². The predicted molar refractivity (Wildman–Crippen MR) is 111 cm³/mol. The fourth-order valence-electron chi connectivity index (χ4n) is 2.80. The van der Waals surface area contributed by atoms with Crippen molar-refractivity contribution in [3.05, 3.63) is 59.7 Å². The summed E-state index contributed by atoms with van der Waals surface area (Å²) in [5, 5.41) is 12.1. The summed E-state index contributed by atoms with van der Waals surface area (Å²) in [6, 6.07) is 10.6. The van der Waals surface area contributed by atoms with E-state index in [1.165, 1.54) is 34.6 Å². The number of aryl methyl sites for hydroxylation is 1. The molecule has 0 aliphatic carbocycles. The van der Waals surface area contributed by atoms with E-state index in [1.807, 2.05) is 6.92 Å². The zero-order valence-corrected chi connectivity index (χ0v) is 17.7. The molecule has 0 aliphatic rings. The number of alkyl halides is 2. The van der Waals surface area contributed by atoms with Crippen LogP contribution in [0.4, 0.5) is 13.2 Å². The summed E-state index contributed by atoms with van der Waals surface area (Å²) in [4.78, 5) is 4.34. The van der Waals surface area contributed by atoms with Gasteiger partial charge in [-0.05, 0) is 49.7 Å². The second kappa shape index (κ2) is 8.91. The molecule has 1 unspecified atom stereocenters.